The zero-order valence-corrected chi connectivity index (χ0v) is 22.7. The number of nitrogens with one attached hydrogen (secondary N) is 1. The van der Waals surface area contributed by atoms with Crippen molar-refractivity contribution in [2.45, 2.75) is 65.6 Å². The van der Waals surface area contributed by atoms with E-state index in [0.717, 1.165) is 32.6 Å². The fraction of sp³-hybridized carbons (Fsp3) is 0.577. The summed E-state index contributed by atoms with van der Waals surface area (Å²) in [6, 6.07) is 6.89. The lowest BCUT2D eigenvalue weighted by Gasteiger charge is -2.26. The van der Waals surface area contributed by atoms with Crippen LogP contribution in [0.1, 0.15) is 68.1 Å². The van der Waals surface area contributed by atoms with Gasteiger partial charge in [0.25, 0.3) is 5.91 Å². The van der Waals surface area contributed by atoms with Gasteiger partial charge in [-0.15, -0.1) is 0 Å². The first kappa shape index (κ1) is 31.0. The molecule has 1 fully saturated rings. The van der Waals surface area contributed by atoms with Crippen LogP contribution in [0.4, 0.5) is 13.2 Å². The maximum atomic E-state index is 13.0. The number of benzene rings is 1. The van der Waals surface area contributed by atoms with Crippen molar-refractivity contribution in [1.29, 1.82) is 5.26 Å². The van der Waals surface area contributed by atoms with Gasteiger partial charge in [-0.1, -0.05) is 32.8 Å². The van der Waals surface area contributed by atoms with Gasteiger partial charge in [0.15, 0.2) is 5.69 Å². The van der Waals surface area contributed by atoms with E-state index in [9.17, 15) is 23.2 Å². The number of carbonyl (C=O) groups excluding carboxylic acids is 1. The molecule has 0 aliphatic heterocycles. The Morgan fingerprint density at radius 1 is 1.29 bits per heavy atom. The lowest BCUT2D eigenvalue weighted by Crippen LogP contribution is -2.31. The van der Waals surface area contributed by atoms with Crippen molar-refractivity contribution in [2.75, 3.05) is 13.7 Å². The number of methoxy groups -OCH3 is 1. The number of amides is 1. The third-order valence-electron chi connectivity index (χ3n) is 6.89. The normalized spacial score (nSPS) is 17.9. The maximum Gasteiger partial charge on any atom is 0.391 e. The van der Waals surface area contributed by atoms with E-state index in [1.165, 1.54) is 7.11 Å². The second-order valence-electron chi connectivity index (χ2n) is 9.59. The Morgan fingerprint density at radius 3 is 2.45 bits per heavy atom. The van der Waals surface area contributed by atoms with E-state index in [4.69, 9.17) is 13.2 Å². The molecule has 208 valence electrons. The number of ether oxygens (including phenoxy) is 1. The Hall–Kier alpha value is -3.20. The first-order chi connectivity index (χ1) is 18.0. The molecule has 0 radical (unpaired) electrons. The van der Waals surface area contributed by atoms with Crippen LogP contribution in [0.3, 0.4) is 0 Å². The van der Waals surface area contributed by atoms with Gasteiger partial charge >= 0.3 is 17.7 Å². The minimum absolute atomic E-state index is 0.0466. The highest BCUT2D eigenvalue weighted by Gasteiger charge is 2.36. The van der Waals surface area contributed by atoms with Gasteiger partial charge in [0.1, 0.15) is 17.4 Å². The number of carbonyl (C=O) groups is 1. The van der Waals surface area contributed by atoms with E-state index in [0.29, 0.717) is 47.5 Å². The molecule has 2 aromatic rings. The molecular weight excluding hydrogens is 521 g/mol. The summed E-state index contributed by atoms with van der Waals surface area (Å²) in [4.78, 5) is 13.0. The molecule has 1 aliphatic rings. The highest BCUT2D eigenvalue weighted by Crippen LogP contribution is 2.36. The van der Waals surface area contributed by atoms with Crippen molar-refractivity contribution in [3.63, 3.8) is 0 Å². The van der Waals surface area contributed by atoms with Gasteiger partial charge in [-0.05, 0) is 55.7 Å². The molecule has 1 amide bonds. The molecule has 1 heterocycles. The summed E-state index contributed by atoms with van der Waals surface area (Å²) in [6.07, 6.45) is -0.0492. The van der Waals surface area contributed by atoms with Gasteiger partial charge in [-0.3, -0.25) is 9.48 Å². The lowest BCUT2D eigenvalue weighted by molar-refractivity contribution is -0.169. The zero-order valence-electron chi connectivity index (χ0n) is 21.9. The first-order valence-corrected chi connectivity index (χ1v) is 13.1. The third-order valence-corrected chi connectivity index (χ3v) is 6.89. The van der Waals surface area contributed by atoms with E-state index in [2.05, 4.69) is 23.4 Å². The van der Waals surface area contributed by atoms with Crippen LogP contribution in [-0.2, 0) is 24.5 Å². The standard InChI is InChI=1S/C26H33F3N4O2.O2S/c1-5-33-24(20-11-10-19(13-22(20)35-4)12-17(3)26(27,28)29)21(14-30)23(32-33)25(34)31-15-18-8-6-16(2)7-9-18;1-3-2/h10-11,13,16-18H,5-9,12,15H2,1-4H3,(H,31,34);. The van der Waals surface area contributed by atoms with Gasteiger partial charge in [-0.25, -0.2) is 0 Å². The van der Waals surface area contributed by atoms with Crippen LogP contribution in [-0.4, -0.2) is 43.9 Å². The largest absolute Gasteiger partial charge is 0.496 e. The summed E-state index contributed by atoms with van der Waals surface area (Å²) in [6.45, 7) is 6.16. The predicted octanol–water partition coefficient (Wildman–Crippen LogP) is 5.08. The van der Waals surface area contributed by atoms with Crippen molar-refractivity contribution in [3.05, 3.63) is 35.0 Å². The number of aromatic nitrogens is 2. The number of rotatable bonds is 8. The quantitative estimate of drug-likeness (QED) is 0.487. The number of alkyl halides is 3. The van der Waals surface area contributed by atoms with E-state index in [1.807, 2.05) is 6.92 Å². The average molecular weight is 555 g/mol. The summed E-state index contributed by atoms with van der Waals surface area (Å²) in [5.41, 5.74) is 1.55. The average Bonchev–Trinajstić information content (AvgIpc) is 3.26. The molecule has 12 heteroatoms. The van der Waals surface area contributed by atoms with Gasteiger partial charge < -0.3 is 10.1 Å². The molecule has 3 rings (SSSR count). The molecular formula is C26H33F3N4O4S. The fourth-order valence-corrected chi connectivity index (χ4v) is 4.61. The molecule has 1 aromatic carbocycles. The van der Waals surface area contributed by atoms with E-state index >= 15 is 0 Å². The minimum atomic E-state index is -4.29. The van der Waals surface area contributed by atoms with Gasteiger partial charge in [0, 0.05) is 18.7 Å². The molecule has 1 aliphatic carbocycles. The van der Waals surface area contributed by atoms with Crippen molar-refractivity contribution in [3.8, 4) is 23.1 Å². The Kier molecular flexibility index (Phi) is 11.5. The molecule has 0 bridgehead atoms. The summed E-state index contributed by atoms with van der Waals surface area (Å²) >= 11 is -0.750. The number of halogens is 3. The van der Waals surface area contributed by atoms with E-state index in [1.54, 1.807) is 22.9 Å². The second-order valence-corrected chi connectivity index (χ2v) is 9.72. The van der Waals surface area contributed by atoms with Crippen LogP contribution in [0.25, 0.3) is 11.3 Å². The van der Waals surface area contributed by atoms with Crippen LogP contribution in [0.15, 0.2) is 18.2 Å². The minimum Gasteiger partial charge on any atom is -0.496 e. The lowest BCUT2D eigenvalue weighted by atomic mass is 9.83. The Bertz CT molecular complexity index is 1180. The van der Waals surface area contributed by atoms with Crippen LogP contribution < -0.4 is 10.1 Å². The third kappa shape index (κ3) is 7.90. The van der Waals surface area contributed by atoms with Crippen LogP contribution in [0, 0.1) is 29.1 Å². The molecule has 38 heavy (non-hydrogen) atoms. The van der Waals surface area contributed by atoms with Crippen molar-refractivity contribution in [1.82, 2.24) is 15.1 Å². The summed E-state index contributed by atoms with van der Waals surface area (Å²) in [5, 5.41) is 17.3. The van der Waals surface area contributed by atoms with Gasteiger partial charge in [-0.2, -0.15) is 31.9 Å². The number of nitriles is 1. The van der Waals surface area contributed by atoms with E-state index < -0.39 is 29.6 Å². The number of hydrogen-bond donors (Lipinski definition) is 1. The summed E-state index contributed by atoms with van der Waals surface area (Å²) in [7, 11) is 1.42. The summed E-state index contributed by atoms with van der Waals surface area (Å²) in [5.74, 6) is -0.445. The number of aryl methyl sites for hydroxylation is 1. The molecule has 1 unspecified atom stereocenters. The molecule has 1 saturated carbocycles. The van der Waals surface area contributed by atoms with E-state index in [-0.39, 0.29) is 17.7 Å². The second kappa shape index (κ2) is 14.1. The van der Waals surface area contributed by atoms with Crippen LogP contribution in [0.2, 0.25) is 0 Å². The zero-order chi connectivity index (χ0) is 28.5. The molecule has 0 spiro atoms. The monoisotopic (exact) mass is 554 g/mol. The predicted molar refractivity (Wildman–Crippen MR) is 136 cm³/mol. The summed E-state index contributed by atoms with van der Waals surface area (Å²) < 4.78 is 62.7. The smallest absolute Gasteiger partial charge is 0.391 e. The molecule has 0 saturated heterocycles. The number of nitrogens with zero attached hydrogens (tertiary/aromatic N) is 3. The fourth-order valence-electron chi connectivity index (χ4n) is 4.61. The van der Waals surface area contributed by atoms with Crippen molar-refractivity contribution < 1.29 is 31.1 Å². The van der Waals surface area contributed by atoms with Crippen LogP contribution >= 0.6 is 0 Å². The first-order valence-electron chi connectivity index (χ1n) is 12.4. The highest BCUT2D eigenvalue weighted by atomic mass is 32.1. The number of hydrogen-bond acceptors (Lipinski definition) is 6. The maximum absolute atomic E-state index is 13.0. The Labute approximate surface area is 224 Å². The van der Waals surface area contributed by atoms with Crippen molar-refractivity contribution >= 4 is 17.5 Å². The SMILES string of the molecule is CCn1nc(C(=O)NCC2CCC(C)CC2)c(C#N)c1-c1ccc(CC(C)C(F)(F)F)cc1OC.O=S=O. The molecule has 1 N–H and O–H groups in total. The highest BCUT2D eigenvalue weighted by molar-refractivity contribution is 7.51. The Balaban J connectivity index is 0.00000161. The van der Waals surface area contributed by atoms with Gasteiger partial charge in [0.2, 0.25) is 0 Å². The topological polar surface area (TPSA) is 114 Å². The Morgan fingerprint density at radius 2 is 1.92 bits per heavy atom. The molecule has 1 atom stereocenters. The van der Waals surface area contributed by atoms with Crippen molar-refractivity contribution in [2.24, 2.45) is 17.8 Å². The molecule has 1 aromatic heterocycles. The molecule has 8 nitrogen and oxygen atoms in total. The van der Waals surface area contributed by atoms with Crippen LogP contribution in [0.5, 0.6) is 5.75 Å². The van der Waals surface area contributed by atoms with Gasteiger partial charge in [0.05, 0.1) is 18.7 Å².